The molecular weight excluding hydrogens is 268 g/mol. The van der Waals surface area contributed by atoms with E-state index in [1.54, 1.807) is 31.2 Å². The summed E-state index contributed by atoms with van der Waals surface area (Å²) in [6, 6.07) is 8.92. The number of carbonyl (C=O) groups is 2. The molecule has 0 atom stereocenters. The van der Waals surface area contributed by atoms with Crippen LogP contribution in [0.5, 0.6) is 0 Å². The van der Waals surface area contributed by atoms with Crippen molar-refractivity contribution in [2.45, 2.75) is 6.92 Å². The SMILES string of the molecule is Cc1ncncc1C(=O)NCCNC(=O)c1ccccc1. The van der Waals surface area contributed by atoms with Crippen molar-refractivity contribution >= 4 is 11.8 Å². The van der Waals surface area contributed by atoms with E-state index in [0.29, 0.717) is 29.9 Å². The molecule has 0 radical (unpaired) electrons. The van der Waals surface area contributed by atoms with Gasteiger partial charge in [-0.25, -0.2) is 9.97 Å². The van der Waals surface area contributed by atoms with Crippen molar-refractivity contribution in [1.29, 1.82) is 0 Å². The van der Waals surface area contributed by atoms with Crippen LogP contribution in [-0.2, 0) is 0 Å². The summed E-state index contributed by atoms with van der Waals surface area (Å²) < 4.78 is 0. The third kappa shape index (κ3) is 4.10. The van der Waals surface area contributed by atoms with E-state index < -0.39 is 0 Å². The van der Waals surface area contributed by atoms with Crippen LogP contribution in [0.25, 0.3) is 0 Å². The topological polar surface area (TPSA) is 84.0 Å². The number of nitrogens with zero attached hydrogens (tertiary/aromatic N) is 2. The molecule has 0 saturated heterocycles. The van der Waals surface area contributed by atoms with Gasteiger partial charge >= 0.3 is 0 Å². The zero-order valence-electron chi connectivity index (χ0n) is 11.7. The summed E-state index contributed by atoms with van der Waals surface area (Å²) in [7, 11) is 0. The lowest BCUT2D eigenvalue weighted by molar-refractivity contribution is 0.0927. The second-order valence-corrected chi connectivity index (χ2v) is 4.40. The summed E-state index contributed by atoms with van der Waals surface area (Å²) in [5, 5.41) is 5.45. The number of aryl methyl sites for hydroxylation is 1. The minimum Gasteiger partial charge on any atom is -0.350 e. The fourth-order valence-electron chi connectivity index (χ4n) is 1.75. The second-order valence-electron chi connectivity index (χ2n) is 4.40. The molecule has 1 heterocycles. The monoisotopic (exact) mass is 284 g/mol. The summed E-state index contributed by atoms with van der Waals surface area (Å²) in [6.07, 6.45) is 2.87. The average molecular weight is 284 g/mol. The molecule has 2 amide bonds. The maximum atomic E-state index is 11.9. The summed E-state index contributed by atoms with van der Waals surface area (Å²) in [5.41, 5.74) is 1.65. The van der Waals surface area contributed by atoms with Gasteiger partial charge in [-0.05, 0) is 19.1 Å². The van der Waals surface area contributed by atoms with E-state index in [-0.39, 0.29) is 11.8 Å². The number of amides is 2. The molecule has 0 aliphatic carbocycles. The molecule has 2 aromatic rings. The lowest BCUT2D eigenvalue weighted by Crippen LogP contribution is -2.35. The molecule has 0 bridgehead atoms. The molecule has 0 unspecified atom stereocenters. The molecule has 1 aromatic heterocycles. The van der Waals surface area contributed by atoms with E-state index in [1.807, 2.05) is 6.07 Å². The lowest BCUT2D eigenvalue weighted by atomic mass is 10.2. The van der Waals surface area contributed by atoms with Gasteiger partial charge in [-0.2, -0.15) is 0 Å². The average Bonchev–Trinajstić information content (AvgIpc) is 2.52. The normalized spacial score (nSPS) is 9.95. The fourth-order valence-corrected chi connectivity index (χ4v) is 1.75. The van der Waals surface area contributed by atoms with Crippen LogP contribution in [0.4, 0.5) is 0 Å². The number of rotatable bonds is 5. The fraction of sp³-hybridized carbons (Fsp3) is 0.200. The zero-order chi connectivity index (χ0) is 15.1. The van der Waals surface area contributed by atoms with Gasteiger partial charge in [0.25, 0.3) is 11.8 Å². The third-order valence-electron chi connectivity index (χ3n) is 2.89. The van der Waals surface area contributed by atoms with Crippen molar-refractivity contribution < 1.29 is 9.59 Å². The Hall–Kier alpha value is -2.76. The molecule has 6 heteroatoms. The van der Waals surface area contributed by atoms with Crippen molar-refractivity contribution in [3.63, 3.8) is 0 Å². The minimum absolute atomic E-state index is 0.163. The van der Waals surface area contributed by atoms with Crippen LogP contribution in [0.3, 0.4) is 0 Å². The molecule has 21 heavy (non-hydrogen) atoms. The van der Waals surface area contributed by atoms with Crippen molar-refractivity contribution in [3.05, 3.63) is 59.7 Å². The first-order valence-corrected chi connectivity index (χ1v) is 6.56. The Morgan fingerprint density at radius 1 is 1.05 bits per heavy atom. The Kier molecular flexibility index (Phi) is 4.98. The van der Waals surface area contributed by atoms with Crippen LogP contribution in [0.2, 0.25) is 0 Å². The van der Waals surface area contributed by atoms with Gasteiger partial charge in [-0.3, -0.25) is 9.59 Å². The molecular formula is C15H16N4O2. The van der Waals surface area contributed by atoms with Crippen LogP contribution in [0.1, 0.15) is 26.4 Å². The molecule has 6 nitrogen and oxygen atoms in total. The molecule has 0 aliphatic heterocycles. The van der Waals surface area contributed by atoms with E-state index in [4.69, 9.17) is 0 Å². The van der Waals surface area contributed by atoms with Crippen LogP contribution >= 0.6 is 0 Å². The Balaban J connectivity index is 1.76. The predicted molar refractivity (Wildman–Crippen MR) is 77.9 cm³/mol. The third-order valence-corrected chi connectivity index (χ3v) is 2.89. The number of benzene rings is 1. The van der Waals surface area contributed by atoms with Crippen LogP contribution in [0.15, 0.2) is 42.9 Å². The Labute approximate surface area is 122 Å². The summed E-state index contributed by atoms with van der Waals surface area (Å²) >= 11 is 0. The maximum Gasteiger partial charge on any atom is 0.254 e. The Morgan fingerprint density at radius 3 is 2.38 bits per heavy atom. The Morgan fingerprint density at radius 2 is 1.71 bits per heavy atom. The first-order chi connectivity index (χ1) is 10.2. The van der Waals surface area contributed by atoms with E-state index in [1.165, 1.54) is 12.5 Å². The molecule has 0 saturated carbocycles. The van der Waals surface area contributed by atoms with Crippen molar-refractivity contribution in [2.24, 2.45) is 0 Å². The van der Waals surface area contributed by atoms with Gasteiger partial charge in [0.05, 0.1) is 11.3 Å². The number of hydrogen-bond acceptors (Lipinski definition) is 4. The molecule has 2 N–H and O–H groups in total. The van der Waals surface area contributed by atoms with Gasteiger partial charge < -0.3 is 10.6 Å². The van der Waals surface area contributed by atoms with Crippen molar-refractivity contribution in [1.82, 2.24) is 20.6 Å². The van der Waals surface area contributed by atoms with Gasteiger partial charge in [0.15, 0.2) is 0 Å². The molecule has 108 valence electrons. The van der Waals surface area contributed by atoms with E-state index in [9.17, 15) is 9.59 Å². The first-order valence-electron chi connectivity index (χ1n) is 6.56. The minimum atomic E-state index is -0.248. The molecule has 0 fully saturated rings. The molecule has 0 spiro atoms. The standard InChI is InChI=1S/C15H16N4O2/c1-11-13(9-16-10-19-11)15(21)18-8-7-17-14(20)12-5-3-2-4-6-12/h2-6,9-10H,7-8H2,1H3,(H,17,20)(H,18,21). The maximum absolute atomic E-state index is 11.9. The summed E-state index contributed by atoms with van der Waals surface area (Å²) in [5.74, 6) is -0.411. The Bertz CT molecular complexity index is 629. The molecule has 2 rings (SSSR count). The summed E-state index contributed by atoms with van der Waals surface area (Å²) in [6.45, 7) is 2.44. The smallest absolute Gasteiger partial charge is 0.254 e. The van der Waals surface area contributed by atoms with Gasteiger partial charge in [-0.1, -0.05) is 18.2 Å². The highest BCUT2D eigenvalue weighted by Crippen LogP contribution is 2.00. The number of hydrogen-bond donors (Lipinski definition) is 2. The van der Waals surface area contributed by atoms with E-state index in [0.717, 1.165) is 0 Å². The van der Waals surface area contributed by atoms with Gasteiger partial charge in [-0.15, -0.1) is 0 Å². The van der Waals surface area contributed by atoms with Gasteiger partial charge in [0, 0.05) is 24.8 Å². The van der Waals surface area contributed by atoms with E-state index >= 15 is 0 Å². The number of aromatic nitrogens is 2. The van der Waals surface area contributed by atoms with E-state index in [2.05, 4.69) is 20.6 Å². The van der Waals surface area contributed by atoms with Crippen LogP contribution in [0, 0.1) is 6.92 Å². The number of nitrogens with one attached hydrogen (secondary N) is 2. The van der Waals surface area contributed by atoms with Crippen LogP contribution in [-0.4, -0.2) is 34.9 Å². The second kappa shape index (κ2) is 7.14. The summed E-state index contributed by atoms with van der Waals surface area (Å²) in [4.78, 5) is 31.4. The van der Waals surface area contributed by atoms with Gasteiger partial charge in [0.2, 0.25) is 0 Å². The van der Waals surface area contributed by atoms with Crippen molar-refractivity contribution in [2.75, 3.05) is 13.1 Å². The number of carbonyl (C=O) groups excluding carboxylic acids is 2. The van der Waals surface area contributed by atoms with Crippen LogP contribution < -0.4 is 10.6 Å². The highest BCUT2D eigenvalue weighted by molar-refractivity contribution is 5.95. The lowest BCUT2D eigenvalue weighted by Gasteiger charge is -2.08. The highest BCUT2D eigenvalue weighted by atomic mass is 16.2. The predicted octanol–water partition coefficient (Wildman–Crippen LogP) is 0.945. The highest BCUT2D eigenvalue weighted by Gasteiger charge is 2.09. The van der Waals surface area contributed by atoms with Gasteiger partial charge in [0.1, 0.15) is 6.33 Å². The largest absolute Gasteiger partial charge is 0.350 e. The quantitative estimate of drug-likeness (QED) is 0.800. The van der Waals surface area contributed by atoms with Crippen molar-refractivity contribution in [3.8, 4) is 0 Å². The zero-order valence-corrected chi connectivity index (χ0v) is 11.7. The molecule has 1 aromatic carbocycles. The first kappa shape index (κ1) is 14.6. The molecule has 0 aliphatic rings.